The Balaban J connectivity index is 0.000000259. The van der Waals surface area contributed by atoms with Crippen molar-refractivity contribution < 1.29 is 52.7 Å². The molecule has 4 nitrogen and oxygen atoms in total. The van der Waals surface area contributed by atoms with E-state index in [9.17, 15) is 26.3 Å². The molecule has 85 heavy (non-hydrogen) atoms. The molecule has 22 heteroatoms. The molecule has 2 aliphatic rings. The van der Waals surface area contributed by atoms with Gasteiger partial charge in [0.25, 0.3) is 0 Å². The van der Waals surface area contributed by atoms with E-state index in [1.807, 2.05) is 60.7 Å². The third-order valence-corrected chi connectivity index (χ3v) is 19.7. The lowest BCUT2D eigenvalue weighted by atomic mass is 9.93. The van der Waals surface area contributed by atoms with E-state index in [1.54, 1.807) is 73.8 Å². The summed E-state index contributed by atoms with van der Waals surface area (Å²) < 4.78 is 184. The van der Waals surface area contributed by atoms with Crippen LogP contribution in [0, 0.1) is 27.7 Å². The van der Waals surface area contributed by atoms with Crippen LogP contribution in [-0.4, -0.2) is 55.5 Å². The molecule has 0 aliphatic heterocycles. The topological polar surface area (TPSA) is 51.6 Å². The summed E-state index contributed by atoms with van der Waals surface area (Å²) in [6.07, 6.45) is 13.3. The third kappa shape index (κ3) is 10.4. The third-order valence-electron chi connectivity index (χ3n) is 14.4. The molecule has 10 aromatic rings. The molecule has 2 aromatic carbocycles. The number of alkyl halides is 12. The minimum absolute atomic E-state index is 0. The summed E-state index contributed by atoms with van der Waals surface area (Å²) in [6.45, 7) is 5.83. The van der Waals surface area contributed by atoms with Gasteiger partial charge in [-0.25, -0.2) is 0 Å². The lowest BCUT2D eigenvalue weighted by Crippen LogP contribution is -2.48. The molecular weight excluding hydrogens is 1330 g/mol. The first-order valence-corrected chi connectivity index (χ1v) is 29.9. The van der Waals surface area contributed by atoms with E-state index in [0.29, 0.717) is 28.5 Å². The molecule has 0 saturated carbocycles. The summed E-state index contributed by atoms with van der Waals surface area (Å²) in [5.41, 5.74) is 0.619. The van der Waals surface area contributed by atoms with Gasteiger partial charge in [0.15, 0.2) is 0 Å². The molecular formula is C63H42Br2F12N4S4. The Hall–Kier alpha value is -6.56. The van der Waals surface area contributed by atoms with Crippen LogP contribution < -0.4 is 0 Å². The number of thiophene rings is 4. The molecule has 0 unspecified atom stereocenters. The lowest BCUT2D eigenvalue weighted by molar-refractivity contribution is -0.254. The highest BCUT2D eigenvalue weighted by atomic mass is 79.9. The first-order valence-electron chi connectivity index (χ1n) is 25.1. The standard InChI is InChI=1S/C47H30F6N4S2.C15H8Br2F6S2.CH4/c1-27-39(21-41(58-27)37-17-33(29-7-3-11-54-23-29)15-34(18-37)30-8-4-12-55-24-30)43-44(46(50,51)47(52,53)45(43,48)49)40-22-42(59-28(40)2)38-19-35(31-9-5-13-56-25-31)16-36(20-38)32-10-6-14-57-26-32;1-5-7(3-9(16)24-5)11-12(8-4-10(17)25-6(8)2)14(20,21)15(22,23)13(11,18)19;/h3-26H,1-2H3;3-4H,1-2H3;1H4. The van der Waals surface area contributed by atoms with Crippen LogP contribution in [-0.2, 0) is 0 Å². The van der Waals surface area contributed by atoms with Crippen molar-refractivity contribution in [1.82, 2.24) is 19.9 Å². The van der Waals surface area contributed by atoms with Gasteiger partial charge in [0.2, 0.25) is 0 Å². The van der Waals surface area contributed by atoms with Crippen molar-refractivity contribution in [3.05, 3.63) is 208 Å². The normalized spacial score (nSPS) is 17.0. The van der Waals surface area contributed by atoms with Gasteiger partial charge in [-0.2, -0.15) is 52.7 Å². The van der Waals surface area contributed by atoms with Crippen molar-refractivity contribution in [3.63, 3.8) is 0 Å². The molecule has 0 atom stereocenters. The average Bonchev–Trinajstić information content (AvgIpc) is 1.62. The SMILES string of the molecule is C.Cc1sc(-c2cc(-c3cccnc3)cc(-c3cccnc3)c2)cc1C1=C(c2cc(-c3cc(-c4cccnc4)cc(-c4cccnc4)c3)sc2C)C(F)(F)C(F)(F)C1(F)F.Cc1sc(Br)cc1C1=C(c2cc(Br)sc2C)C(F)(F)C(F)(F)C1(F)F. The number of hydrogen-bond donors (Lipinski definition) is 0. The second-order valence-electron chi connectivity index (χ2n) is 19.7. The highest BCUT2D eigenvalue weighted by molar-refractivity contribution is 9.11. The van der Waals surface area contributed by atoms with Crippen LogP contribution >= 0.6 is 77.2 Å². The number of nitrogens with zero attached hydrogens (tertiary/aromatic N) is 4. The number of aromatic nitrogens is 4. The van der Waals surface area contributed by atoms with Gasteiger partial charge in [-0.1, -0.05) is 31.7 Å². The molecule has 0 saturated heterocycles. The van der Waals surface area contributed by atoms with Gasteiger partial charge in [-0.05, 0) is 200 Å². The molecule has 0 bridgehead atoms. The van der Waals surface area contributed by atoms with E-state index in [1.165, 1.54) is 52.0 Å². The molecule has 12 rings (SSSR count). The summed E-state index contributed by atoms with van der Waals surface area (Å²) >= 11 is 10.4. The maximum atomic E-state index is 16.3. The van der Waals surface area contributed by atoms with Crippen LogP contribution in [0.4, 0.5) is 52.7 Å². The lowest BCUT2D eigenvalue weighted by Gasteiger charge is -2.25. The van der Waals surface area contributed by atoms with Crippen LogP contribution in [0.2, 0.25) is 0 Å². The maximum absolute atomic E-state index is 16.3. The van der Waals surface area contributed by atoms with Gasteiger partial charge in [0.1, 0.15) is 0 Å². The average molecular weight is 1370 g/mol. The summed E-state index contributed by atoms with van der Waals surface area (Å²) in [7, 11) is 0. The zero-order chi connectivity index (χ0) is 60.1. The fourth-order valence-electron chi connectivity index (χ4n) is 10.3. The van der Waals surface area contributed by atoms with Gasteiger partial charge in [0, 0.05) is 123 Å². The Morgan fingerprint density at radius 3 is 0.776 bits per heavy atom. The Morgan fingerprint density at radius 2 is 0.553 bits per heavy atom. The number of benzene rings is 2. The van der Waals surface area contributed by atoms with Crippen molar-refractivity contribution in [2.45, 2.75) is 70.7 Å². The van der Waals surface area contributed by atoms with Gasteiger partial charge >= 0.3 is 35.5 Å². The van der Waals surface area contributed by atoms with Crippen LogP contribution in [0.3, 0.4) is 0 Å². The van der Waals surface area contributed by atoms with E-state index in [-0.39, 0.29) is 49.2 Å². The van der Waals surface area contributed by atoms with E-state index >= 15 is 26.3 Å². The largest absolute Gasteiger partial charge is 0.380 e. The van der Waals surface area contributed by atoms with E-state index in [4.69, 9.17) is 0 Å². The molecule has 8 aromatic heterocycles. The quantitative estimate of drug-likeness (QED) is 0.128. The molecule has 0 N–H and O–H groups in total. The monoisotopic (exact) mass is 1370 g/mol. The van der Waals surface area contributed by atoms with Gasteiger partial charge in [-0.15, -0.1) is 45.3 Å². The first kappa shape index (κ1) is 61.5. The van der Waals surface area contributed by atoms with Gasteiger partial charge in [-0.3, -0.25) is 19.9 Å². The minimum atomic E-state index is -5.71. The summed E-state index contributed by atoms with van der Waals surface area (Å²) in [6, 6.07) is 30.9. The van der Waals surface area contributed by atoms with Crippen LogP contribution in [0.1, 0.15) is 49.2 Å². The number of halogens is 14. The number of allylic oxidation sites excluding steroid dienone is 4. The van der Waals surface area contributed by atoms with Crippen molar-refractivity contribution in [2.75, 3.05) is 0 Å². The van der Waals surface area contributed by atoms with E-state index < -0.39 is 57.8 Å². The number of rotatable bonds is 10. The number of pyridine rings is 4. The molecule has 0 radical (unpaired) electrons. The molecule has 0 spiro atoms. The summed E-state index contributed by atoms with van der Waals surface area (Å²) in [5, 5.41) is 0. The van der Waals surface area contributed by atoms with Gasteiger partial charge in [0.05, 0.1) is 7.57 Å². The van der Waals surface area contributed by atoms with Crippen LogP contribution in [0.25, 0.3) is 87.7 Å². The fourth-order valence-corrected chi connectivity index (χ4v) is 15.8. The van der Waals surface area contributed by atoms with E-state index in [0.717, 1.165) is 89.9 Å². The Kier molecular flexibility index (Phi) is 16.4. The zero-order valence-electron chi connectivity index (χ0n) is 43.7. The van der Waals surface area contributed by atoms with Crippen molar-refractivity contribution in [2.24, 2.45) is 0 Å². The second kappa shape index (κ2) is 22.6. The van der Waals surface area contributed by atoms with Crippen molar-refractivity contribution >= 4 is 99.5 Å². The predicted molar refractivity (Wildman–Crippen MR) is 325 cm³/mol. The highest BCUT2D eigenvalue weighted by Crippen LogP contribution is 2.68. The van der Waals surface area contributed by atoms with Gasteiger partial charge < -0.3 is 0 Å². The molecule has 8 heterocycles. The molecule has 0 amide bonds. The molecule has 0 fully saturated rings. The first-order chi connectivity index (χ1) is 39.6. The maximum Gasteiger partial charge on any atom is 0.380 e. The van der Waals surface area contributed by atoms with Crippen LogP contribution in [0.5, 0.6) is 0 Å². The van der Waals surface area contributed by atoms with Crippen molar-refractivity contribution in [3.8, 4) is 65.4 Å². The zero-order valence-corrected chi connectivity index (χ0v) is 50.2. The van der Waals surface area contributed by atoms with E-state index in [2.05, 4.69) is 51.8 Å². The number of aryl methyl sites for hydroxylation is 4. The van der Waals surface area contributed by atoms with Crippen molar-refractivity contribution in [1.29, 1.82) is 0 Å². The fraction of sp³-hybridized carbons (Fsp3) is 0.175. The smallest absolute Gasteiger partial charge is 0.264 e. The summed E-state index contributed by atoms with van der Waals surface area (Å²) in [5.74, 6) is -31.7. The Labute approximate surface area is 512 Å². The summed E-state index contributed by atoms with van der Waals surface area (Å²) in [4.78, 5) is 18.7. The molecule has 2 aliphatic carbocycles. The minimum Gasteiger partial charge on any atom is -0.264 e. The Morgan fingerprint density at radius 1 is 0.318 bits per heavy atom. The Bertz CT molecular complexity index is 3850. The second-order valence-corrected chi connectivity index (χ2v) is 27.5. The predicted octanol–water partition coefficient (Wildman–Crippen LogP) is 22.3. The highest BCUT2D eigenvalue weighted by Gasteiger charge is 2.81. The number of hydrogen-bond acceptors (Lipinski definition) is 8. The van der Waals surface area contributed by atoms with Crippen LogP contribution in [0.15, 0.2) is 166 Å². The molecule has 436 valence electrons.